The highest BCUT2D eigenvalue weighted by Gasteiger charge is 2.33. The molecule has 1 aromatic rings. The molecule has 0 radical (unpaired) electrons. The number of rotatable bonds is 2. The second kappa shape index (κ2) is 5.48. The monoisotopic (exact) mass is 298 g/mol. The minimum absolute atomic E-state index is 0. The summed E-state index contributed by atoms with van der Waals surface area (Å²) < 4.78 is 51.5. The number of hydrogen-bond acceptors (Lipinski definition) is 3. The summed E-state index contributed by atoms with van der Waals surface area (Å²) in [6.45, 7) is 0.373. The van der Waals surface area contributed by atoms with Gasteiger partial charge in [0.05, 0.1) is 0 Å². The van der Waals surface area contributed by atoms with Gasteiger partial charge in [-0.15, -0.1) is 12.4 Å². The molecule has 1 heterocycles. The van der Waals surface area contributed by atoms with E-state index < -0.39 is 26.6 Å². The normalized spacial score (nSPS) is 20.7. The Balaban J connectivity index is 0.00000162. The largest absolute Gasteiger partial charge is 0.326 e. The summed E-state index contributed by atoms with van der Waals surface area (Å²) in [4.78, 5) is -0.633. The van der Waals surface area contributed by atoms with Crippen molar-refractivity contribution in [2.75, 3.05) is 13.1 Å². The molecule has 2 N–H and O–H groups in total. The number of benzene rings is 1. The maximum atomic E-state index is 13.4. The molecular formula is C10H13ClF2N2O2S. The quantitative estimate of drug-likeness (QED) is 0.889. The fourth-order valence-corrected chi connectivity index (χ4v) is 3.38. The lowest BCUT2D eigenvalue weighted by atomic mass is 10.3. The summed E-state index contributed by atoms with van der Waals surface area (Å²) in [6.07, 6.45) is 0.524. The van der Waals surface area contributed by atoms with Crippen LogP contribution in [0, 0.1) is 11.6 Å². The minimum atomic E-state index is -3.99. The molecule has 0 bridgehead atoms. The van der Waals surface area contributed by atoms with Crippen LogP contribution in [0.5, 0.6) is 0 Å². The summed E-state index contributed by atoms with van der Waals surface area (Å²) in [6, 6.07) is 2.85. The Kier molecular flexibility index (Phi) is 4.66. The molecule has 0 saturated carbocycles. The molecule has 0 aliphatic carbocycles. The van der Waals surface area contributed by atoms with Crippen LogP contribution in [0.4, 0.5) is 8.78 Å². The lowest BCUT2D eigenvalue weighted by Crippen LogP contribution is -2.32. The first kappa shape index (κ1) is 15.3. The van der Waals surface area contributed by atoms with Gasteiger partial charge in [0.25, 0.3) is 0 Å². The van der Waals surface area contributed by atoms with Crippen LogP contribution in [-0.4, -0.2) is 31.9 Å². The highest BCUT2D eigenvalue weighted by molar-refractivity contribution is 7.89. The first-order valence-corrected chi connectivity index (χ1v) is 6.56. The van der Waals surface area contributed by atoms with Gasteiger partial charge in [0.1, 0.15) is 4.90 Å². The summed E-state index contributed by atoms with van der Waals surface area (Å²) in [7, 11) is -3.99. The summed E-state index contributed by atoms with van der Waals surface area (Å²) in [5.74, 6) is -2.51. The Morgan fingerprint density at radius 1 is 1.33 bits per heavy atom. The third-order valence-electron chi connectivity index (χ3n) is 2.72. The molecule has 1 aliphatic heterocycles. The van der Waals surface area contributed by atoms with Crippen molar-refractivity contribution in [2.24, 2.45) is 5.73 Å². The third kappa shape index (κ3) is 2.64. The summed E-state index contributed by atoms with van der Waals surface area (Å²) in [5.41, 5.74) is 5.59. The molecular weight excluding hydrogens is 286 g/mol. The third-order valence-corrected chi connectivity index (χ3v) is 4.60. The van der Waals surface area contributed by atoms with E-state index in [0.29, 0.717) is 6.42 Å². The zero-order valence-corrected chi connectivity index (χ0v) is 11.0. The van der Waals surface area contributed by atoms with Gasteiger partial charge in [0.15, 0.2) is 11.6 Å². The van der Waals surface area contributed by atoms with Gasteiger partial charge in [0.2, 0.25) is 10.0 Å². The van der Waals surface area contributed by atoms with Crippen LogP contribution in [0.25, 0.3) is 0 Å². The Labute approximate surface area is 110 Å². The average molecular weight is 299 g/mol. The second-order valence-corrected chi connectivity index (χ2v) is 5.87. The van der Waals surface area contributed by atoms with Crippen molar-refractivity contribution in [3.8, 4) is 0 Å². The Morgan fingerprint density at radius 2 is 2.00 bits per heavy atom. The lowest BCUT2D eigenvalue weighted by Gasteiger charge is -2.16. The van der Waals surface area contributed by atoms with Gasteiger partial charge in [-0.1, -0.05) is 6.07 Å². The topological polar surface area (TPSA) is 63.4 Å². The van der Waals surface area contributed by atoms with Gasteiger partial charge in [0, 0.05) is 19.1 Å². The van der Waals surface area contributed by atoms with Crippen LogP contribution in [0.2, 0.25) is 0 Å². The number of nitrogens with two attached hydrogens (primary N) is 1. The van der Waals surface area contributed by atoms with Crippen molar-refractivity contribution in [1.82, 2.24) is 4.31 Å². The standard InChI is InChI=1S/C10H12F2N2O2S.ClH/c11-8-2-1-3-9(10(8)12)17(15,16)14-5-4-7(13)6-14;/h1-3,7H,4-6,13H2;1H/t7-;/m1./s1. The molecule has 1 fully saturated rings. The van der Waals surface area contributed by atoms with Crippen molar-refractivity contribution >= 4 is 22.4 Å². The van der Waals surface area contributed by atoms with Gasteiger partial charge >= 0.3 is 0 Å². The lowest BCUT2D eigenvalue weighted by molar-refractivity contribution is 0.451. The van der Waals surface area contributed by atoms with Crippen LogP contribution in [0.3, 0.4) is 0 Å². The van der Waals surface area contributed by atoms with Crippen LogP contribution >= 0.6 is 12.4 Å². The molecule has 18 heavy (non-hydrogen) atoms. The van der Waals surface area contributed by atoms with E-state index in [9.17, 15) is 17.2 Å². The molecule has 0 aromatic heterocycles. The number of nitrogens with zero attached hydrogens (tertiary/aromatic N) is 1. The smallest absolute Gasteiger partial charge is 0.246 e. The van der Waals surface area contributed by atoms with E-state index in [1.54, 1.807) is 0 Å². The van der Waals surface area contributed by atoms with Crippen molar-refractivity contribution in [1.29, 1.82) is 0 Å². The van der Waals surface area contributed by atoms with Crippen LogP contribution in [0.15, 0.2) is 23.1 Å². The highest BCUT2D eigenvalue weighted by Crippen LogP contribution is 2.23. The van der Waals surface area contributed by atoms with E-state index in [1.807, 2.05) is 0 Å². The minimum Gasteiger partial charge on any atom is -0.326 e. The molecule has 1 aliphatic rings. The first-order valence-electron chi connectivity index (χ1n) is 5.12. The fraction of sp³-hybridized carbons (Fsp3) is 0.400. The van der Waals surface area contributed by atoms with Crippen molar-refractivity contribution in [3.63, 3.8) is 0 Å². The molecule has 2 rings (SSSR count). The number of hydrogen-bond donors (Lipinski definition) is 1. The van der Waals surface area contributed by atoms with Gasteiger partial charge < -0.3 is 5.73 Å². The molecule has 1 saturated heterocycles. The summed E-state index contributed by atoms with van der Waals surface area (Å²) >= 11 is 0. The van der Waals surface area contributed by atoms with E-state index >= 15 is 0 Å². The average Bonchev–Trinajstić information content (AvgIpc) is 2.69. The number of halogens is 3. The van der Waals surface area contributed by atoms with Crippen molar-refractivity contribution in [3.05, 3.63) is 29.8 Å². The van der Waals surface area contributed by atoms with Gasteiger partial charge in [-0.2, -0.15) is 4.31 Å². The summed E-state index contributed by atoms with van der Waals surface area (Å²) in [5, 5.41) is 0. The predicted octanol–water partition coefficient (Wildman–Crippen LogP) is 1.11. The Morgan fingerprint density at radius 3 is 2.56 bits per heavy atom. The zero-order valence-electron chi connectivity index (χ0n) is 9.34. The molecule has 4 nitrogen and oxygen atoms in total. The fourth-order valence-electron chi connectivity index (χ4n) is 1.79. The molecule has 0 unspecified atom stereocenters. The molecule has 0 amide bonds. The SMILES string of the molecule is Cl.N[C@@H]1CCN(S(=O)(=O)c2cccc(F)c2F)C1. The Bertz CT molecular complexity index is 539. The molecule has 8 heteroatoms. The van der Waals surface area contributed by atoms with E-state index in [-0.39, 0.29) is 31.5 Å². The van der Waals surface area contributed by atoms with E-state index in [1.165, 1.54) is 6.07 Å². The molecule has 1 atom stereocenters. The number of sulfonamides is 1. The van der Waals surface area contributed by atoms with E-state index in [4.69, 9.17) is 5.73 Å². The van der Waals surface area contributed by atoms with Gasteiger partial charge in [-0.3, -0.25) is 0 Å². The maximum absolute atomic E-state index is 13.4. The van der Waals surface area contributed by atoms with Crippen molar-refractivity contribution < 1.29 is 17.2 Å². The highest BCUT2D eigenvalue weighted by atomic mass is 35.5. The van der Waals surface area contributed by atoms with E-state index in [0.717, 1.165) is 16.4 Å². The van der Waals surface area contributed by atoms with Crippen LogP contribution in [0.1, 0.15) is 6.42 Å². The first-order chi connectivity index (χ1) is 7.93. The molecule has 1 aromatic carbocycles. The molecule has 102 valence electrons. The molecule has 0 spiro atoms. The second-order valence-electron chi connectivity index (χ2n) is 3.96. The Hall–Kier alpha value is -0.760. The van der Waals surface area contributed by atoms with Gasteiger partial charge in [-0.05, 0) is 18.6 Å². The van der Waals surface area contributed by atoms with Crippen LogP contribution < -0.4 is 5.73 Å². The maximum Gasteiger partial charge on any atom is 0.246 e. The van der Waals surface area contributed by atoms with Crippen LogP contribution in [-0.2, 0) is 10.0 Å². The van der Waals surface area contributed by atoms with E-state index in [2.05, 4.69) is 0 Å². The van der Waals surface area contributed by atoms with Crippen molar-refractivity contribution in [2.45, 2.75) is 17.4 Å². The zero-order chi connectivity index (χ0) is 12.6. The van der Waals surface area contributed by atoms with Gasteiger partial charge in [-0.25, -0.2) is 17.2 Å². The predicted molar refractivity (Wildman–Crippen MR) is 65.0 cm³/mol.